The van der Waals surface area contributed by atoms with Crippen molar-refractivity contribution in [3.8, 4) is 0 Å². The molecule has 0 rings (SSSR count). The molecule has 4 heteroatoms. The zero-order chi connectivity index (χ0) is 20.6. The predicted octanol–water partition coefficient (Wildman–Crippen LogP) is 8.31. The topological polar surface area (TPSA) is 0 Å². The van der Waals surface area contributed by atoms with E-state index < -0.39 is 0 Å². The van der Waals surface area contributed by atoms with Crippen LogP contribution >= 0.6 is 47.0 Å². The van der Waals surface area contributed by atoms with Gasteiger partial charge in [0.25, 0.3) is 0 Å². The number of rotatable bonds is 14. The molecule has 0 atom stereocenters. The molecule has 0 aromatic rings. The molecule has 0 heterocycles. The number of thioether (sulfide) groups is 4. The maximum atomic E-state index is 2.37. The Hall–Kier alpha value is 1.40. The lowest BCUT2D eigenvalue weighted by atomic mass is 9.72. The Bertz CT molecular complexity index is 257. The van der Waals surface area contributed by atoms with E-state index in [0.717, 1.165) is 11.8 Å². The largest absolute Gasteiger partial charge is 0.165 e. The molecule has 0 bridgehead atoms. The van der Waals surface area contributed by atoms with E-state index in [9.17, 15) is 0 Å². The normalized spacial score (nSPS) is 12.5. The minimum Gasteiger partial charge on any atom is -0.165 e. The summed E-state index contributed by atoms with van der Waals surface area (Å²) in [5.41, 5.74) is 1.15. The van der Waals surface area contributed by atoms with Gasteiger partial charge in [-0.3, -0.25) is 0 Å². The van der Waals surface area contributed by atoms with Crippen molar-refractivity contribution in [3.05, 3.63) is 0 Å². The van der Waals surface area contributed by atoms with Crippen LogP contribution in [0.1, 0.15) is 67.2 Å². The van der Waals surface area contributed by atoms with Gasteiger partial charge in [-0.15, -0.1) is 0 Å². The molecule has 0 aliphatic carbocycles. The van der Waals surface area contributed by atoms with Crippen LogP contribution in [0.2, 0.25) is 0 Å². The van der Waals surface area contributed by atoms with Crippen LogP contribution < -0.4 is 0 Å². The van der Waals surface area contributed by atoms with E-state index in [-0.39, 0.29) is 0 Å². The van der Waals surface area contributed by atoms with Crippen molar-refractivity contribution in [2.75, 3.05) is 48.0 Å². The van der Waals surface area contributed by atoms with Crippen LogP contribution in [0.3, 0.4) is 0 Å². The van der Waals surface area contributed by atoms with Crippen molar-refractivity contribution in [2.45, 2.75) is 67.2 Å². The summed E-state index contributed by atoms with van der Waals surface area (Å²) < 4.78 is 0. The number of hydrogen-bond acceptors (Lipinski definition) is 4. The Morgan fingerprint density at radius 3 is 1.08 bits per heavy atom. The first-order valence-corrected chi connectivity index (χ1v) is 15.8. The molecule has 0 nitrogen and oxygen atoms in total. The second kappa shape index (κ2) is 17.3. The zero-order valence-electron chi connectivity index (χ0n) is 19.4. The Morgan fingerprint density at radius 2 is 0.885 bits per heavy atom. The first-order valence-electron chi connectivity index (χ1n) is 10.2. The van der Waals surface area contributed by atoms with Gasteiger partial charge in [-0.2, -0.15) is 47.0 Å². The summed E-state index contributed by atoms with van der Waals surface area (Å²) in [7, 11) is 0. The Balaban J connectivity index is 0. The highest BCUT2D eigenvalue weighted by Crippen LogP contribution is 2.41. The average molecular weight is 441 g/mol. The third-order valence-corrected chi connectivity index (χ3v) is 9.04. The van der Waals surface area contributed by atoms with Crippen LogP contribution in [0.5, 0.6) is 0 Å². The second-order valence-corrected chi connectivity index (χ2v) is 11.7. The molecule has 0 aromatic carbocycles. The van der Waals surface area contributed by atoms with Crippen LogP contribution in [0.4, 0.5) is 0 Å². The van der Waals surface area contributed by atoms with Gasteiger partial charge < -0.3 is 0 Å². The fraction of sp³-hybridized carbons (Fsp3) is 1.00. The maximum absolute atomic E-state index is 2.37. The average Bonchev–Trinajstić information content (AvgIpc) is 2.55. The van der Waals surface area contributed by atoms with Crippen LogP contribution in [0, 0.1) is 22.7 Å². The summed E-state index contributed by atoms with van der Waals surface area (Å²) in [6, 6.07) is 0. The van der Waals surface area contributed by atoms with E-state index in [0.29, 0.717) is 10.8 Å². The molecule has 26 heavy (non-hydrogen) atoms. The monoisotopic (exact) mass is 440 g/mol. The summed E-state index contributed by atoms with van der Waals surface area (Å²) >= 11 is 8.01. The van der Waals surface area contributed by atoms with Crippen molar-refractivity contribution in [3.63, 3.8) is 0 Å². The molecule has 0 unspecified atom stereocenters. The highest BCUT2D eigenvalue weighted by molar-refractivity contribution is 7.99. The highest BCUT2D eigenvalue weighted by atomic mass is 32.2. The quantitative estimate of drug-likeness (QED) is 0.266. The van der Waals surface area contributed by atoms with E-state index in [1.165, 1.54) is 48.7 Å². The van der Waals surface area contributed by atoms with Gasteiger partial charge in [-0.25, -0.2) is 0 Å². The summed E-state index contributed by atoms with van der Waals surface area (Å²) in [6.45, 7) is 14.1. The molecule has 0 fully saturated rings. The van der Waals surface area contributed by atoms with Crippen molar-refractivity contribution in [1.29, 1.82) is 0 Å². The van der Waals surface area contributed by atoms with Gasteiger partial charge in [0.15, 0.2) is 0 Å². The van der Waals surface area contributed by atoms with Crippen LogP contribution in [-0.2, 0) is 0 Å². The molecule has 0 aromatic heterocycles. The van der Waals surface area contributed by atoms with E-state index >= 15 is 0 Å². The lowest BCUT2D eigenvalue weighted by molar-refractivity contribution is 0.179. The predicted molar refractivity (Wildman–Crippen MR) is 138 cm³/mol. The SMILES string of the molecule is CCCC(CCC)(CSC)CSC.CSCC(CSC)(C(C)C)C(C)C. The molecule has 0 saturated heterocycles. The van der Waals surface area contributed by atoms with Gasteiger partial charge in [0.05, 0.1) is 0 Å². The highest BCUT2D eigenvalue weighted by Gasteiger charge is 2.35. The molecular formula is C22H48S4. The maximum Gasteiger partial charge on any atom is -0.0000768 e. The molecule has 0 aliphatic rings. The minimum absolute atomic E-state index is 0.527. The fourth-order valence-corrected chi connectivity index (χ4v) is 8.92. The van der Waals surface area contributed by atoms with Gasteiger partial charge in [-0.05, 0) is 83.5 Å². The van der Waals surface area contributed by atoms with Gasteiger partial charge in [0, 0.05) is 0 Å². The van der Waals surface area contributed by atoms with E-state index in [4.69, 9.17) is 0 Å². The molecule has 0 N–H and O–H groups in total. The lowest BCUT2D eigenvalue weighted by Gasteiger charge is -2.40. The molecule has 0 radical (unpaired) electrons. The van der Waals surface area contributed by atoms with Crippen molar-refractivity contribution in [1.82, 2.24) is 0 Å². The molecular weight excluding hydrogens is 393 g/mol. The molecule has 0 spiro atoms. The molecule has 160 valence electrons. The summed E-state index contributed by atoms with van der Waals surface area (Å²) in [5.74, 6) is 6.84. The van der Waals surface area contributed by atoms with Crippen LogP contribution in [-0.4, -0.2) is 48.0 Å². The summed E-state index contributed by atoms with van der Waals surface area (Å²) in [6.07, 6.45) is 14.4. The van der Waals surface area contributed by atoms with Crippen molar-refractivity contribution in [2.24, 2.45) is 22.7 Å². The van der Waals surface area contributed by atoms with Crippen LogP contribution in [0.25, 0.3) is 0 Å². The van der Waals surface area contributed by atoms with E-state index in [1.807, 2.05) is 47.0 Å². The fourth-order valence-electron chi connectivity index (χ4n) is 4.04. The minimum atomic E-state index is 0.527. The van der Waals surface area contributed by atoms with Gasteiger partial charge in [-0.1, -0.05) is 54.4 Å². The third kappa shape index (κ3) is 10.8. The van der Waals surface area contributed by atoms with Gasteiger partial charge in [0.2, 0.25) is 0 Å². The first-order chi connectivity index (χ1) is 12.3. The second-order valence-electron chi connectivity index (χ2n) is 8.27. The Labute approximate surface area is 184 Å². The summed E-state index contributed by atoms with van der Waals surface area (Å²) in [4.78, 5) is 0. The molecule has 0 aliphatic heterocycles. The van der Waals surface area contributed by atoms with Crippen molar-refractivity contribution >= 4 is 47.0 Å². The van der Waals surface area contributed by atoms with Gasteiger partial charge in [0.1, 0.15) is 0 Å². The third-order valence-electron chi connectivity index (χ3n) is 5.59. The van der Waals surface area contributed by atoms with E-state index in [1.54, 1.807) is 0 Å². The smallest absolute Gasteiger partial charge is 0.0000768 e. The summed E-state index contributed by atoms with van der Waals surface area (Å²) in [5, 5.41) is 0. The Morgan fingerprint density at radius 1 is 0.577 bits per heavy atom. The molecule has 0 saturated carbocycles. The first kappa shape index (κ1) is 29.6. The van der Waals surface area contributed by atoms with Crippen molar-refractivity contribution < 1.29 is 0 Å². The zero-order valence-corrected chi connectivity index (χ0v) is 22.7. The van der Waals surface area contributed by atoms with Gasteiger partial charge >= 0.3 is 0 Å². The molecule has 0 amide bonds. The standard InChI is InChI=1S/2C11H24S2/c1-9(2)11(7-12-5,8-13-6)10(3)4;1-5-7-11(8-6-2,9-12-3)10-13-4/h9-10H,7-8H2,1-6H3;5-10H2,1-4H3. The van der Waals surface area contributed by atoms with E-state index in [2.05, 4.69) is 66.6 Å². The van der Waals surface area contributed by atoms with Crippen LogP contribution in [0.15, 0.2) is 0 Å². The Kier molecular flexibility index (Phi) is 19.7. The lowest BCUT2D eigenvalue weighted by Crippen LogP contribution is -2.38. The number of hydrogen-bond donors (Lipinski definition) is 0.